The van der Waals surface area contributed by atoms with Gasteiger partial charge in [-0.05, 0) is 42.8 Å². The SMILES string of the molecule is Cc1ncn(Cc2ccc3c(c2)OCO3)c1CO[Si](C)(C)C(C)(C)C. The van der Waals surface area contributed by atoms with Crippen LogP contribution in [0.5, 0.6) is 11.5 Å². The smallest absolute Gasteiger partial charge is 0.231 e. The number of fused-ring (bicyclic) bond motifs is 1. The van der Waals surface area contributed by atoms with Gasteiger partial charge in [-0.2, -0.15) is 0 Å². The molecule has 1 aliphatic heterocycles. The summed E-state index contributed by atoms with van der Waals surface area (Å²) in [6.07, 6.45) is 1.89. The van der Waals surface area contributed by atoms with Gasteiger partial charge < -0.3 is 18.5 Å². The molecule has 136 valence electrons. The van der Waals surface area contributed by atoms with Crippen LogP contribution in [-0.4, -0.2) is 24.7 Å². The zero-order valence-corrected chi connectivity index (χ0v) is 17.0. The molecule has 0 amide bonds. The maximum atomic E-state index is 6.40. The van der Waals surface area contributed by atoms with Crippen LogP contribution in [0, 0.1) is 6.92 Å². The Balaban J connectivity index is 1.76. The topological polar surface area (TPSA) is 45.5 Å². The second kappa shape index (κ2) is 6.50. The lowest BCUT2D eigenvalue weighted by Gasteiger charge is -2.36. The number of hydrogen-bond acceptors (Lipinski definition) is 4. The van der Waals surface area contributed by atoms with Gasteiger partial charge in [-0.3, -0.25) is 0 Å². The molecular weight excluding hydrogens is 332 g/mol. The highest BCUT2D eigenvalue weighted by Gasteiger charge is 2.37. The average molecular weight is 361 g/mol. The number of ether oxygens (including phenoxy) is 2. The van der Waals surface area contributed by atoms with Crippen LogP contribution in [0.25, 0.3) is 0 Å². The van der Waals surface area contributed by atoms with Crippen molar-refractivity contribution >= 4 is 8.32 Å². The van der Waals surface area contributed by atoms with E-state index < -0.39 is 8.32 Å². The molecular formula is C19H28N2O3Si. The van der Waals surface area contributed by atoms with E-state index in [1.165, 1.54) is 0 Å². The number of rotatable bonds is 5. The second-order valence-corrected chi connectivity index (χ2v) is 13.0. The lowest BCUT2D eigenvalue weighted by molar-refractivity contribution is 0.174. The van der Waals surface area contributed by atoms with Crippen molar-refractivity contribution in [2.24, 2.45) is 0 Å². The monoisotopic (exact) mass is 360 g/mol. The molecule has 0 fully saturated rings. The van der Waals surface area contributed by atoms with E-state index in [1.54, 1.807) is 0 Å². The van der Waals surface area contributed by atoms with Gasteiger partial charge in [-0.1, -0.05) is 26.8 Å². The van der Waals surface area contributed by atoms with E-state index in [1.807, 2.05) is 25.4 Å². The molecule has 2 heterocycles. The lowest BCUT2D eigenvalue weighted by atomic mass is 10.2. The van der Waals surface area contributed by atoms with Gasteiger partial charge >= 0.3 is 0 Å². The van der Waals surface area contributed by atoms with Crippen molar-refractivity contribution in [2.75, 3.05) is 6.79 Å². The molecule has 0 N–H and O–H groups in total. The third-order valence-corrected chi connectivity index (χ3v) is 9.80. The van der Waals surface area contributed by atoms with Gasteiger partial charge in [0, 0.05) is 6.54 Å². The molecule has 1 aromatic carbocycles. The molecule has 0 unspecified atom stereocenters. The zero-order chi connectivity index (χ0) is 18.2. The predicted molar refractivity (Wildman–Crippen MR) is 101 cm³/mol. The molecule has 0 atom stereocenters. The molecule has 0 spiro atoms. The number of aromatic nitrogens is 2. The van der Waals surface area contributed by atoms with E-state index in [0.717, 1.165) is 35.0 Å². The van der Waals surface area contributed by atoms with Crippen LogP contribution in [0.1, 0.15) is 37.7 Å². The Morgan fingerprint density at radius 2 is 1.92 bits per heavy atom. The number of imidazole rings is 1. The summed E-state index contributed by atoms with van der Waals surface area (Å²) < 4.78 is 19.4. The fraction of sp³-hybridized carbons (Fsp3) is 0.526. The van der Waals surface area contributed by atoms with E-state index in [0.29, 0.717) is 13.4 Å². The fourth-order valence-electron chi connectivity index (χ4n) is 2.53. The highest BCUT2D eigenvalue weighted by atomic mass is 28.4. The Hall–Kier alpha value is -1.79. The standard InChI is InChI=1S/C19H28N2O3Si/c1-14-16(11-24-25(5,6)19(2,3)4)21(12-20-14)10-15-7-8-17-18(9-15)23-13-22-17/h7-9,12H,10-11,13H2,1-6H3. The molecule has 0 aliphatic carbocycles. The normalized spacial score (nSPS) is 14.2. The van der Waals surface area contributed by atoms with Crippen LogP contribution in [0.2, 0.25) is 18.1 Å². The minimum atomic E-state index is -1.79. The average Bonchev–Trinajstić information content (AvgIpc) is 3.11. The van der Waals surface area contributed by atoms with Crippen LogP contribution in [-0.2, 0) is 17.6 Å². The molecule has 0 saturated carbocycles. The minimum absolute atomic E-state index is 0.197. The third-order valence-electron chi connectivity index (χ3n) is 5.32. The van der Waals surface area contributed by atoms with E-state index >= 15 is 0 Å². The summed E-state index contributed by atoms with van der Waals surface area (Å²) in [4.78, 5) is 4.49. The van der Waals surface area contributed by atoms with Crippen LogP contribution >= 0.6 is 0 Å². The van der Waals surface area contributed by atoms with Gasteiger partial charge in [0.2, 0.25) is 6.79 Å². The summed E-state index contributed by atoms with van der Waals surface area (Å²) in [6.45, 7) is 15.0. The molecule has 6 heteroatoms. The van der Waals surface area contributed by atoms with Crippen molar-refractivity contribution in [3.8, 4) is 11.5 Å². The minimum Gasteiger partial charge on any atom is -0.454 e. The molecule has 0 saturated heterocycles. The van der Waals surface area contributed by atoms with Crippen LogP contribution in [0.4, 0.5) is 0 Å². The van der Waals surface area contributed by atoms with E-state index in [-0.39, 0.29) is 5.04 Å². The molecule has 0 radical (unpaired) electrons. The third kappa shape index (κ3) is 3.74. The number of aryl methyl sites for hydroxylation is 1. The van der Waals surface area contributed by atoms with Crippen molar-refractivity contribution in [1.82, 2.24) is 9.55 Å². The molecule has 3 rings (SSSR count). The predicted octanol–water partition coefficient (Wildman–Crippen LogP) is 4.49. The zero-order valence-electron chi connectivity index (χ0n) is 16.0. The van der Waals surface area contributed by atoms with Gasteiger partial charge in [-0.25, -0.2) is 4.98 Å². The summed E-state index contributed by atoms with van der Waals surface area (Å²) in [5.41, 5.74) is 3.33. The lowest BCUT2D eigenvalue weighted by Crippen LogP contribution is -2.40. The van der Waals surface area contributed by atoms with Gasteiger partial charge in [0.25, 0.3) is 0 Å². The largest absolute Gasteiger partial charge is 0.454 e. The number of nitrogens with zero attached hydrogens (tertiary/aromatic N) is 2. The summed E-state index contributed by atoms with van der Waals surface area (Å²) in [5.74, 6) is 1.63. The first-order chi connectivity index (χ1) is 11.7. The van der Waals surface area contributed by atoms with Crippen molar-refractivity contribution < 1.29 is 13.9 Å². The molecule has 1 aromatic heterocycles. The van der Waals surface area contributed by atoms with Gasteiger partial charge in [0.1, 0.15) is 0 Å². The Morgan fingerprint density at radius 1 is 1.20 bits per heavy atom. The maximum absolute atomic E-state index is 6.40. The Kier molecular flexibility index (Phi) is 4.68. The highest BCUT2D eigenvalue weighted by Crippen LogP contribution is 2.37. The molecule has 2 aromatic rings. The maximum Gasteiger partial charge on any atom is 0.231 e. The van der Waals surface area contributed by atoms with Crippen molar-refractivity contribution in [3.63, 3.8) is 0 Å². The summed E-state index contributed by atoms with van der Waals surface area (Å²) >= 11 is 0. The van der Waals surface area contributed by atoms with Crippen molar-refractivity contribution in [3.05, 3.63) is 41.5 Å². The van der Waals surface area contributed by atoms with Crippen LogP contribution in [0.15, 0.2) is 24.5 Å². The van der Waals surface area contributed by atoms with Gasteiger partial charge in [-0.15, -0.1) is 0 Å². The summed E-state index contributed by atoms with van der Waals surface area (Å²) in [5, 5.41) is 0.197. The highest BCUT2D eigenvalue weighted by molar-refractivity contribution is 6.74. The molecule has 1 aliphatic rings. The first-order valence-corrected chi connectivity index (χ1v) is 11.6. The van der Waals surface area contributed by atoms with Gasteiger partial charge in [0.15, 0.2) is 19.8 Å². The number of benzene rings is 1. The van der Waals surface area contributed by atoms with Crippen molar-refractivity contribution in [1.29, 1.82) is 0 Å². The van der Waals surface area contributed by atoms with E-state index in [4.69, 9.17) is 13.9 Å². The Morgan fingerprint density at radius 3 is 2.64 bits per heavy atom. The first-order valence-electron chi connectivity index (χ1n) is 8.70. The Labute approximate surface area is 151 Å². The van der Waals surface area contributed by atoms with E-state index in [2.05, 4.69) is 49.5 Å². The first kappa shape index (κ1) is 18.0. The van der Waals surface area contributed by atoms with Crippen LogP contribution < -0.4 is 9.47 Å². The second-order valence-electron chi connectivity index (χ2n) is 8.14. The van der Waals surface area contributed by atoms with Gasteiger partial charge in [0.05, 0.1) is 24.3 Å². The molecule has 5 nitrogen and oxygen atoms in total. The van der Waals surface area contributed by atoms with Crippen LogP contribution in [0.3, 0.4) is 0 Å². The quantitative estimate of drug-likeness (QED) is 0.737. The summed E-state index contributed by atoms with van der Waals surface area (Å²) in [7, 11) is -1.79. The fourth-order valence-corrected chi connectivity index (χ4v) is 3.46. The number of hydrogen-bond donors (Lipinski definition) is 0. The van der Waals surface area contributed by atoms with E-state index in [9.17, 15) is 0 Å². The molecule has 25 heavy (non-hydrogen) atoms. The van der Waals surface area contributed by atoms with Crippen molar-refractivity contribution in [2.45, 2.75) is 59.0 Å². The summed E-state index contributed by atoms with van der Waals surface area (Å²) in [6, 6.07) is 6.07. The Bertz CT molecular complexity index is 763. The molecule has 0 bridgehead atoms.